The van der Waals surface area contributed by atoms with Crippen LogP contribution >= 0.6 is 47.8 Å². The fourth-order valence-corrected chi connectivity index (χ4v) is 3.05. The van der Waals surface area contributed by atoms with E-state index in [0.717, 1.165) is 10.7 Å². The Balaban J connectivity index is 0.00000242. The number of amides is 1. The molecule has 1 aromatic heterocycles. The number of hydrogen-bond acceptors (Lipinski definition) is 5. The van der Waals surface area contributed by atoms with E-state index in [1.165, 1.54) is 11.3 Å². The van der Waals surface area contributed by atoms with Gasteiger partial charge in [0, 0.05) is 25.9 Å². The van der Waals surface area contributed by atoms with Gasteiger partial charge in [-0.1, -0.05) is 17.7 Å². The van der Waals surface area contributed by atoms with Gasteiger partial charge in [0.05, 0.1) is 21.4 Å². The van der Waals surface area contributed by atoms with E-state index in [9.17, 15) is 4.79 Å². The molecule has 0 aliphatic carbocycles. The highest BCUT2D eigenvalue weighted by atomic mass is 35.5. The van der Waals surface area contributed by atoms with Gasteiger partial charge in [-0.15, -0.1) is 36.2 Å². The Morgan fingerprint density at radius 2 is 2.09 bits per heavy atom. The monoisotopic (exact) mass is 396 g/mol. The van der Waals surface area contributed by atoms with Crippen LogP contribution < -0.4 is 16.0 Å². The zero-order valence-corrected chi connectivity index (χ0v) is 15.9. The van der Waals surface area contributed by atoms with Crippen LogP contribution in [0.1, 0.15) is 15.5 Å². The van der Waals surface area contributed by atoms with Gasteiger partial charge in [-0.05, 0) is 18.7 Å². The largest absolute Gasteiger partial charge is 0.375 e. The molecule has 128 valence electrons. The second kappa shape index (κ2) is 9.95. The molecule has 0 unspecified atom stereocenters. The molecule has 0 aliphatic heterocycles. The van der Waals surface area contributed by atoms with E-state index in [-0.39, 0.29) is 30.7 Å². The third-order valence-corrected chi connectivity index (χ3v) is 4.04. The molecule has 0 saturated carbocycles. The summed E-state index contributed by atoms with van der Waals surface area (Å²) in [4.78, 5) is 18.4. The van der Waals surface area contributed by atoms with E-state index in [1.54, 1.807) is 17.5 Å². The molecule has 3 N–H and O–H groups in total. The van der Waals surface area contributed by atoms with Crippen LogP contribution in [0.5, 0.6) is 0 Å². The first kappa shape index (κ1) is 21.9. The average molecular weight is 398 g/mol. The Labute approximate surface area is 157 Å². The van der Waals surface area contributed by atoms with Gasteiger partial charge < -0.3 is 16.0 Å². The Morgan fingerprint density at radius 3 is 2.70 bits per heavy atom. The predicted molar refractivity (Wildman–Crippen MR) is 103 cm³/mol. The summed E-state index contributed by atoms with van der Waals surface area (Å²) in [7, 11) is 3.75. The quantitative estimate of drug-likeness (QED) is 0.810. The van der Waals surface area contributed by atoms with Gasteiger partial charge >= 0.3 is 0 Å². The van der Waals surface area contributed by atoms with Crippen molar-refractivity contribution in [3.63, 3.8) is 0 Å². The number of carbonyl (C=O) groups excluding carboxylic acids is 1. The third-order valence-electron chi connectivity index (χ3n) is 2.82. The van der Waals surface area contributed by atoms with Crippen molar-refractivity contribution in [2.24, 2.45) is 5.73 Å². The van der Waals surface area contributed by atoms with Crippen molar-refractivity contribution >= 4 is 65.0 Å². The van der Waals surface area contributed by atoms with Crippen LogP contribution in [-0.2, 0) is 6.42 Å². The maximum Gasteiger partial charge on any atom is 0.275 e. The molecule has 9 heteroatoms. The maximum atomic E-state index is 12.3. The summed E-state index contributed by atoms with van der Waals surface area (Å²) in [6.07, 6.45) is 0.679. The molecule has 0 radical (unpaired) electrons. The number of carbonyl (C=O) groups is 1. The zero-order valence-electron chi connectivity index (χ0n) is 12.7. The van der Waals surface area contributed by atoms with Crippen LogP contribution in [0.25, 0.3) is 0 Å². The van der Waals surface area contributed by atoms with Crippen molar-refractivity contribution in [2.45, 2.75) is 6.42 Å². The summed E-state index contributed by atoms with van der Waals surface area (Å²) in [6.45, 7) is 0.521. The van der Waals surface area contributed by atoms with Gasteiger partial charge in [-0.2, -0.15) is 0 Å². The van der Waals surface area contributed by atoms with Crippen molar-refractivity contribution in [1.29, 1.82) is 0 Å². The second-order valence-corrected chi connectivity index (χ2v) is 6.00. The maximum absolute atomic E-state index is 12.3. The average Bonchev–Trinajstić information content (AvgIpc) is 2.87. The molecule has 5 nitrogen and oxygen atoms in total. The summed E-state index contributed by atoms with van der Waals surface area (Å²) in [5.74, 6) is -0.250. The number of para-hydroxylation sites is 1. The molecule has 0 saturated heterocycles. The van der Waals surface area contributed by atoms with Crippen molar-refractivity contribution in [3.05, 3.63) is 39.3 Å². The number of anilines is 2. The highest BCUT2D eigenvalue weighted by Gasteiger charge is 2.15. The van der Waals surface area contributed by atoms with Gasteiger partial charge in [0.1, 0.15) is 5.69 Å². The first-order chi connectivity index (χ1) is 10.0. The molecular weight excluding hydrogens is 379 g/mol. The lowest BCUT2D eigenvalue weighted by atomic mass is 10.2. The topological polar surface area (TPSA) is 71.2 Å². The molecule has 0 spiro atoms. The summed E-state index contributed by atoms with van der Waals surface area (Å²) in [5.41, 5.74) is 7.31. The molecule has 1 heterocycles. The predicted octanol–water partition coefficient (Wildman–Crippen LogP) is 3.46. The van der Waals surface area contributed by atoms with Crippen LogP contribution in [0.4, 0.5) is 11.4 Å². The Morgan fingerprint density at radius 1 is 1.39 bits per heavy atom. The SMILES string of the molecule is CN(C)c1c(Cl)cccc1NC(=O)c1csc(CCN)n1.Cl.Cl. The number of aromatic nitrogens is 1. The Bertz CT molecular complexity index is 649. The molecule has 1 amide bonds. The minimum absolute atomic E-state index is 0. The molecule has 0 fully saturated rings. The van der Waals surface area contributed by atoms with Crippen molar-refractivity contribution < 1.29 is 4.79 Å². The number of halogens is 3. The summed E-state index contributed by atoms with van der Waals surface area (Å²) >= 11 is 7.62. The van der Waals surface area contributed by atoms with Gasteiger partial charge in [0.25, 0.3) is 5.91 Å². The van der Waals surface area contributed by atoms with E-state index in [4.69, 9.17) is 17.3 Å². The van der Waals surface area contributed by atoms with Crippen molar-refractivity contribution in [2.75, 3.05) is 30.9 Å². The highest BCUT2D eigenvalue weighted by molar-refractivity contribution is 7.09. The number of benzene rings is 1. The molecule has 23 heavy (non-hydrogen) atoms. The lowest BCUT2D eigenvalue weighted by Crippen LogP contribution is -2.17. The lowest BCUT2D eigenvalue weighted by molar-refractivity contribution is 0.102. The number of nitrogens with zero attached hydrogens (tertiary/aromatic N) is 2. The standard InChI is InChI=1S/C14H17ClN4OS.2ClH/c1-19(2)13-9(15)4-3-5-10(13)18-14(20)11-8-21-12(17-11)6-7-16;;/h3-5,8H,6-7,16H2,1-2H3,(H,18,20);2*1H. The van der Waals surface area contributed by atoms with Gasteiger partial charge in [-0.3, -0.25) is 4.79 Å². The van der Waals surface area contributed by atoms with Gasteiger partial charge in [-0.25, -0.2) is 4.98 Å². The third kappa shape index (κ3) is 5.51. The van der Waals surface area contributed by atoms with E-state index in [2.05, 4.69) is 10.3 Å². The molecular formula is C14H19Cl3N4OS. The highest BCUT2D eigenvalue weighted by Crippen LogP contribution is 2.32. The molecule has 1 aromatic carbocycles. The van der Waals surface area contributed by atoms with E-state index in [1.807, 2.05) is 25.1 Å². The molecule has 2 aromatic rings. The minimum atomic E-state index is -0.250. The molecule has 2 rings (SSSR count). The fraction of sp³-hybridized carbons (Fsp3) is 0.286. The van der Waals surface area contributed by atoms with Crippen LogP contribution in [-0.4, -0.2) is 31.5 Å². The zero-order chi connectivity index (χ0) is 15.4. The normalized spacial score (nSPS) is 9.57. The molecule has 0 aliphatic rings. The van der Waals surface area contributed by atoms with Gasteiger partial charge in [0.2, 0.25) is 0 Å². The van der Waals surface area contributed by atoms with Gasteiger partial charge in [0.15, 0.2) is 0 Å². The summed E-state index contributed by atoms with van der Waals surface area (Å²) in [5, 5.41) is 6.03. The lowest BCUT2D eigenvalue weighted by Gasteiger charge is -2.19. The molecule has 0 bridgehead atoms. The van der Waals surface area contributed by atoms with Crippen molar-refractivity contribution in [3.8, 4) is 0 Å². The summed E-state index contributed by atoms with van der Waals surface area (Å²) in [6, 6.07) is 5.40. The Kier molecular flexibility index (Phi) is 9.49. The number of nitrogens with two attached hydrogens (primary N) is 1. The Hall–Kier alpha value is -1.05. The van der Waals surface area contributed by atoms with Crippen LogP contribution in [0.3, 0.4) is 0 Å². The van der Waals surface area contributed by atoms with E-state index >= 15 is 0 Å². The smallest absolute Gasteiger partial charge is 0.275 e. The first-order valence-corrected chi connectivity index (χ1v) is 7.70. The molecule has 0 atom stereocenters. The van der Waals surface area contributed by atoms with E-state index in [0.29, 0.717) is 29.4 Å². The fourth-order valence-electron chi connectivity index (χ4n) is 1.91. The summed E-state index contributed by atoms with van der Waals surface area (Å²) < 4.78 is 0. The first-order valence-electron chi connectivity index (χ1n) is 6.44. The minimum Gasteiger partial charge on any atom is -0.375 e. The van der Waals surface area contributed by atoms with Crippen LogP contribution in [0.2, 0.25) is 5.02 Å². The number of hydrogen-bond donors (Lipinski definition) is 2. The van der Waals surface area contributed by atoms with E-state index < -0.39 is 0 Å². The number of rotatable bonds is 5. The number of nitrogens with one attached hydrogen (secondary N) is 1. The van der Waals surface area contributed by atoms with Crippen LogP contribution in [0.15, 0.2) is 23.6 Å². The second-order valence-electron chi connectivity index (χ2n) is 4.65. The van der Waals surface area contributed by atoms with Crippen LogP contribution in [0, 0.1) is 0 Å². The number of thiazole rings is 1. The van der Waals surface area contributed by atoms with Crippen molar-refractivity contribution in [1.82, 2.24) is 4.98 Å².